The van der Waals surface area contributed by atoms with Crippen LogP contribution < -0.4 is 0 Å². The van der Waals surface area contributed by atoms with Crippen LogP contribution in [0, 0.1) is 0 Å². The van der Waals surface area contributed by atoms with Crippen molar-refractivity contribution in [3.05, 3.63) is 12.2 Å². The summed E-state index contributed by atoms with van der Waals surface area (Å²) < 4.78 is 0. The van der Waals surface area contributed by atoms with Crippen molar-refractivity contribution < 1.29 is 0 Å². The highest BCUT2D eigenvalue weighted by atomic mass is 32.2. The van der Waals surface area contributed by atoms with Gasteiger partial charge >= 0.3 is 0 Å². The Labute approximate surface area is 55.4 Å². The van der Waals surface area contributed by atoms with Gasteiger partial charge in [0.25, 0.3) is 0 Å². The average molecular weight is 128 g/mol. The molecule has 0 aromatic rings. The van der Waals surface area contributed by atoms with Gasteiger partial charge in [0.05, 0.1) is 0 Å². The summed E-state index contributed by atoms with van der Waals surface area (Å²) in [6.07, 6.45) is 6.16. The van der Waals surface area contributed by atoms with E-state index in [4.69, 9.17) is 0 Å². The lowest BCUT2D eigenvalue weighted by Crippen LogP contribution is -1.93. The maximum atomic E-state index is 3.99. The molecule has 0 saturated heterocycles. The molecule has 0 amide bonds. The van der Waals surface area contributed by atoms with Gasteiger partial charge in [-0.1, -0.05) is 12.2 Å². The lowest BCUT2D eigenvalue weighted by molar-refractivity contribution is 0.894. The van der Waals surface area contributed by atoms with E-state index in [1.165, 1.54) is 24.8 Å². The molecule has 1 atom stereocenters. The van der Waals surface area contributed by atoms with Crippen LogP contribution >= 0.6 is 11.8 Å². The highest BCUT2D eigenvalue weighted by Crippen LogP contribution is 2.31. The fourth-order valence-corrected chi connectivity index (χ4v) is 2.02. The van der Waals surface area contributed by atoms with Crippen molar-refractivity contribution in [3.8, 4) is 0 Å². The van der Waals surface area contributed by atoms with Crippen LogP contribution in [-0.2, 0) is 0 Å². The van der Waals surface area contributed by atoms with Crippen LogP contribution in [0.15, 0.2) is 12.2 Å². The molecule has 0 aromatic carbocycles. The molecule has 0 bridgehead atoms. The van der Waals surface area contributed by atoms with Gasteiger partial charge in [-0.3, -0.25) is 0 Å². The van der Waals surface area contributed by atoms with Gasteiger partial charge in [0, 0.05) is 5.25 Å². The Balaban J connectivity index is 2.42. The molecule has 0 spiro atoms. The van der Waals surface area contributed by atoms with Crippen LogP contribution in [0.4, 0.5) is 0 Å². The van der Waals surface area contributed by atoms with E-state index in [0.29, 0.717) is 0 Å². The molecule has 0 aliphatic heterocycles. The molecule has 1 fully saturated rings. The van der Waals surface area contributed by atoms with E-state index in [1.807, 2.05) is 11.8 Å². The molecule has 8 heavy (non-hydrogen) atoms. The summed E-state index contributed by atoms with van der Waals surface area (Å²) in [5, 5.41) is 0.787. The molecule has 1 unspecified atom stereocenters. The van der Waals surface area contributed by atoms with Crippen molar-refractivity contribution in [3.63, 3.8) is 0 Å². The van der Waals surface area contributed by atoms with Crippen molar-refractivity contribution in [2.24, 2.45) is 0 Å². The van der Waals surface area contributed by atoms with Crippen LogP contribution in [0.3, 0.4) is 0 Å². The minimum absolute atomic E-state index is 0.787. The standard InChI is InChI=1S/C7H12S/c1-6-4-3-5-7(6)8-2/h7H,1,3-5H2,2H3. The molecule has 1 heteroatoms. The Morgan fingerprint density at radius 1 is 1.75 bits per heavy atom. The van der Waals surface area contributed by atoms with Crippen LogP contribution in [0.1, 0.15) is 19.3 Å². The molecule has 1 rings (SSSR count). The third kappa shape index (κ3) is 1.08. The predicted octanol–water partition coefficient (Wildman–Crippen LogP) is 2.46. The predicted molar refractivity (Wildman–Crippen MR) is 40.3 cm³/mol. The van der Waals surface area contributed by atoms with Crippen molar-refractivity contribution in [1.29, 1.82) is 0 Å². The largest absolute Gasteiger partial charge is 0.158 e. The quantitative estimate of drug-likeness (QED) is 0.489. The second kappa shape index (κ2) is 2.58. The Morgan fingerprint density at radius 2 is 2.50 bits per heavy atom. The first-order valence-electron chi connectivity index (χ1n) is 3.05. The minimum atomic E-state index is 0.787. The summed E-state index contributed by atoms with van der Waals surface area (Å²) >= 11 is 1.94. The van der Waals surface area contributed by atoms with Crippen LogP contribution in [0.5, 0.6) is 0 Å². The normalized spacial score (nSPS) is 29.1. The van der Waals surface area contributed by atoms with Crippen molar-refractivity contribution in [1.82, 2.24) is 0 Å². The second-order valence-corrected chi connectivity index (χ2v) is 3.32. The van der Waals surface area contributed by atoms with Gasteiger partial charge in [-0.05, 0) is 25.5 Å². The van der Waals surface area contributed by atoms with Crippen molar-refractivity contribution in [2.75, 3.05) is 6.26 Å². The zero-order valence-electron chi connectivity index (χ0n) is 5.31. The Morgan fingerprint density at radius 3 is 2.75 bits per heavy atom. The molecule has 1 aliphatic rings. The molecule has 1 saturated carbocycles. The first-order chi connectivity index (χ1) is 3.84. The molecule has 0 aromatic heterocycles. The minimum Gasteiger partial charge on any atom is -0.158 e. The van der Waals surface area contributed by atoms with Gasteiger partial charge in [-0.2, -0.15) is 11.8 Å². The summed E-state index contributed by atoms with van der Waals surface area (Å²) in [6.45, 7) is 3.99. The monoisotopic (exact) mass is 128 g/mol. The third-order valence-corrected chi connectivity index (χ3v) is 2.84. The van der Waals surface area contributed by atoms with Crippen molar-refractivity contribution >= 4 is 11.8 Å². The van der Waals surface area contributed by atoms with Crippen LogP contribution in [-0.4, -0.2) is 11.5 Å². The Kier molecular flexibility index (Phi) is 2.01. The molecule has 1 aliphatic carbocycles. The van der Waals surface area contributed by atoms with E-state index in [-0.39, 0.29) is 0 Å². The average Bonchev–Trinajstić information content (AvgIpc) is 2.14. The fourth-order valence-electron chi connectivity index (χ4n) is 1.16. The first-order valence-corrected chi connectivity index (χ1v) is 4.34. The summed E-state index contributed by atoms with van der Waals surface area (Å²) in [6, 6.07) is 0. The van der Waals surface area contributed by atoms with E-state index >= 15 is 0 Å². The van der Waals surface area contributed by atoms with Crippen molar-refractivity contribution in [2.45, 2.75) is 24.5 Å². The number of hydrogen-bond acceptors (Lipinski definition) is 1. The first kappa shape index (κ1) is 6.21. The van der Waals surface area contributed by atoms with Gasteiger partial charge in [-0.15, -0.1) is 0 Å². The van der Waals surface area contributed by atoms with Gasteiger partial charge < -0.3 is 0 Å². The maximum Gasteiger partial charge on any atom is 0.0251 e. The number of thioether (sulfide) groups is 1. The Hall–Kier alpha value is 0.0900. The molecule has 0 N–H and O–H groups in total. The maximum absolute atomic E-state index is 3.99. The third-order valence-electron chi connectivity index (χ3n) is 1.70. The topological polar surface area (TPSA) is 0 Å². The lowest BCUT2D eigenvalue weighted by atomic mass is 10.3. The smallest absolute Gasteiger partial charge is 0.0251 e. The van der Waals surface area contributed by atoms with Gasteiger partial charge in [0.15, 0.2) is 0 Å². The molecule has 0 heterocycles. The van der Waals surface area contributed by atoms with Gasteiger partial charge in [0.1, 0.15) is 0 Å². The SMILES string of the molecule is C=C1CCCC1SC. The van der Waals surface area contributed by atoms with E-state index < -0.39 is 0 Å². The summed E-state index contributed by atoms with van der Waals surface area (Å²) in [5.41, 5.74) is 1.46. The summed E-state index contributed by atoms with van der Waals surface area (Å²) in [5.74, 6) is 0. The second-order valence-electron chi connectivity index (χ2n) is 2.27. The molecular weight excluding hydrogens is 116 g/mol. The highest BCUT2D eigenvalue weighted by molar-refractivity contribution is 7.99. The van der Waals surface area contributed by atoms with Gasteiger partial charge in [-0.25, -0.2) is 0 Å². The summed E-state index contributed by atoms with van der Waals surface area (Å²) in [4.78, 5) is 0. The summed E-state index contributed by atoms with van der Waals surface area (Å²) in [7, 11) is 0. The molecular formula is C7H12S. The van der Waals surface area contributed by atoms with Crippen LogP contribution in [0.25, 0.3) is 0 Å². The zero-order valence-corrected chi connectivity index (χ0v) is 6.13. The zero-order chi connectivity index (χ0) is 5.98. The Bertz CT molecular complexity index is 96.6. The lowest BCUT2D eigenvalue weighted by Gasteiger charge is -2.03. The number of rotatable bonds is 1. The van der Waals surface area contributed by atoms with Crippen LogP contribution in [0.2, 0.25) is 0 Å². The fraction of sp³-hybridized carbons (Fsp3) is 0.714. The van der Waals surface area contributed by atoms with Gasteiger partial charge in [0.2, 0.25) is 0 Å². The van der Waals surface area contributed by atoms with E-state index in [9.17, 15) is 0 Å². The van der Waals surface area contributed by atoms with E-state index in [0.717, 1.165) is 5.25 Å². The van der Waals surface area contributed by atoms with E-state index in [1.54, 1.807) is 0 Å². The highest BCUT2D eigenvalue weighted by Gasteiger charge is 2.16. The molecule has 0 nitrogen and oxygen atoms in total. The molecule has 46 valence electrons. The molecule has 0 radical (unpaired) electrons. The number of hydrogen-bond donors (Lipinski definition) is 0. The van der Waals surface area contributed by atoms with E-state index in [2.05, 4.69) is 12.8 Å².